The van der Waals surface area contributed by atoms with Crippen molar-refractivity contribution in [3.05, 3.63) is 52.7 Å². The molecule has 1 aliphatic heterocycles. The number of benzene rings is 1. The molecule has 1 amide bonds. The molecule has 2 aromatic rings. The number of H-pyrrole nitrogens is 1. The van der Waals surface area contributed by atoms with Crippen LogP contribution in [0.25, 0.3) is 0 Å². The van der Waals surface area contributed by atoms with Gasteiger partial charge in [-0.1, -0.05) is 11.6 Å². The number of aromatic amines is 1. The molecule has 152 valence electrons. The van der Waals surface area contributed by atoms with Gasteiger partial charge in [0.25, 0.3) is 11.7 Å². The van der Waals surface area contributed by atoms with Crippen LogP contribution in [0.3, 0.4) is 0 Å². The number of alkyl halides is 3. The summed E-state index contributed by atoms with van der Waals surface area (Å²) in [4.78, 5) is 18.0. The molecule has 1 aromatic carbocycles. The molecule has 1 aromatic heterocycles. The largest absolute Gasteiger partial charge is 0.419 e. The Kier molecular flexibility index (Phi) is 6.25. The minimum absolute atomic E-state index is 0.224. The predicted molar refractivity (Wildman–Crippen MR) is 101 cm³/mol. The Bertz CT molecular complexity index is 919. The number of rotatable bonds is 4. The number of halogens is 4. The van der Waals surface area contributed by atoms with Crippen molar-refractivity contribution in [2.75, 3.05) is 42.9 Å². The fourth-order valence-electron chi connectivity index (χ4n) is 3.17. The minimum atomic E-state index is -4.38. The molecule has 1 fully saturated rings. The molecule has 0 aliphatic carbocycles. The number of piperazine rings is 1. The first-order valence-electron chi connectivity index (χ1n) is 8.93. The maximum Gasteiger partial charge on any atom is 0.419 e. The molecule has 29 heavy (non-hydrogen) atoms. The summed E-state index contributed by atoms with van der Waals surface area (Å²) >= 11 is 5.92. The van der Waals surface area contributed by atoms with Gasteiger partial charge < -0.3 is 10.2 Å². The first-order valence-corrected chi connectivity index (χ1v) is 9.31. The highest BCUT2D eigenvalue weighted by molar-refractivity contribution is 6.31. The molecule has 10 heteroatoms. The monoisotopic (exact) mass is 425 g/mol. The molecule has 3 rings (SSSR count). The van der Waals surface area contributed by atoms with Gasteiger partial charge in [-0.05, 0) is 24.3 Å². The predicted octanol–water partition coefficient (Wildman–Crippen LogP) is 1.39. The van der Waals surface area contributed by atoms with Crippen molar-refractivity contribution in [2.24, 2.45) is 0 Å². The lowest BCUT2D eigenvalue weighted by molar-refractivity contribution is -0.892. The Balaban J connectivity index is 1.53. The van der Waals surface area contributed by atoms with Crippen LogP contribution in [-0.4, -0.2) is 38.6 Å². The zero-order valence-corrected chi connectivity index (χ0v) is 16.1. The van der Waals surface area contributed by atoms with Crippen molar-refractivity contribution >= 4 is 29.0 Å². The van der Waals surface area contributed by atoms with Crippen molar-refractivity contribution in [3.63, 3.8) is 0 Å². The number of carbonyl (C=O) groups excluding carboxylic acids is 1. The number of hydrogen-bond acceptors (Lipinski definition) is 3. The second-order valence-corrected chi connectivity index (χ2v) is 7.16. The Morgan fingerprint density at radius 1 is 1.28 bits per heavy atom. The van der Waals surface area contributed by atoms with Gasteiger partial charge in [0.15, 0.2) is 6.54 Å². The molecular weight excluding hydrogens is 407 g/mol. The summed E-state index contributed by atoms with van der Waals surface area (Å²) in [5, 5.41) is 12.3. The second kappa shape index (κ2) is 8.68. The average molecular weight is 426 g/mol. The van der Waals surface area contributed by atoms with Crippen molar-refractivity contribution in [1.29, 1.82) is 5.26 Å². The number of quaternary nitrogens is 1. The van der Waals surface area contributed by atoms with E-state index in [0.29, 0.717) is 48.3 Å². The van der Waals surface area contributed by atoms with Crippen LogP contribution in [0.1, 0.15) is 11.1 Å². The van der Waals surface area contributed by atoms with Gasteiger partial charge >= 0.3 is 6.18 Å². The number of nitrogens with one attached hydrogen (secondary N) is 3. The smallest absolute Gasteiger partial charge is 0.321 e. The van der Waals surface area contributed by atoms with E-state index in [0.717, 1.165) is 17.2 Å². The SMILES string of the molecule is N#Cc1ccc(Cl)cc1NC(=O)C[NH+]1CCN(c2ccc(C(F)(F)F)c[nH+]2)CC1. The van der Waals surface area contributed by atoms with Crippen LogP contribution in [0.4, 0.5) is 24.7 Å². The van der Waals surface area contributed by atoms with Crippen LogP contribution in [0.5, 0.6) is 0 Å². The fraction of sp³-hybridized carbons (Fsp3) is 0.316. The molecule has 0 atom stereocenters. The molecule has 2 heterocycles. The van der Waals surface area contributed by atoms with E-state index >= 15 is 0 Å². The summed E-state index contributed by atoms with van der Waals surface area (Å²) < 4.78 is 38.0. The quantitative estimate of drug-likeness (QED) is 0.777. The molecule has 0 spiro atoms. The first kappa shape index (κ1) is 20.9. The number of nitrogens with zero attached hydrogens (tertiary/aromatic N) is 2. The zero-order chi connectivity index (χ0) is 21.0. The van der Waals surface area contributed by atoms with Gasteiger partial charge in [0.1, 0.15) is 38.4 Å². The number of nitriles is 1. The van der Waals surface area contributed by atoms with E-state index in [2.05, 4.69) is 10.3 Å². The molecule has 1 aliphatic rings. The van der Waals surface area contributed by atoms with E-state index in [-0.39, 0.29) is 12.5 Å². The van der Waals surface area contributed by atoms with E-state index in [9.17, 15) is 18.0 Å². The van der Waals surface area contributed by atoms with E-state index < -0.39 is 11.7 Å². The van der Waals surface area contributed by atoms with E-state index in [1.165, 1.54) is 12.1 Å². The van der Waals surface area contributed by atoms with Crippen LogP contribution in [0, 0.1) is 11.3 Å². The number of pyridine rings is 1. The molecule has 0 radical (unpaired) electrons. The van der Waals surface area contributed by atoms with Crippen molar-refractivity contribution in [3.8, 4) is 6.07 Å². The highest BCUT2D eigenvalue weighted by Gasteiger charge is 2.33. The molecule has 0 unspecified atom stereocenters. The Morgan fingerprint density at radius 3 is 2.59 bits per heavy atom. The van der Waals surface area contributed by atoms with Gasteiger partial charge in [0.2, 0.25) is 0 Å². The van der Waals surface area contributed by atoms with Crippen molar-refractivity contribution < 1.29 is 27.8 Å². The van der Waals surface area contributed by atoms with E-state index in [1.807, 2.05) is 11.0 Å². The summed E-state index contributed by atoms with van der Waals surface area (Å²) in [6.07, 6.45) is -3.42. The average Bonchev–Trinajstić information content (AvgIpc) is 2.68. The van der Waals surface area contributed by atoms with Gasteiger partial charge in [-0.3, -0.25) is 9.69 Å². The number of aromatic nitrogens is 1. The van der Waals surface area contributed by atoms with E-state index in [4.69, 9.17) is 16.9 Å². The standard InChI is InChI=1S/C19H17ClF3N5O/c20-15-3-1-13(10-24)16(9-15)26-18(29)12-27-5-7-28(8-6-27)17-4-2-14(11-25-17)19(21,22)23/h1-4,9,11H,5-8,12H2,(H,26,29)/p+2. The minimum Gasteiger partial charge on any atom is -0.321 e. The Hall–Kier alpha value is -2.83. The highest BCUT2D eigenvalue weighted by Crippen LogP contribution is 2.28. The topological polar surface area (TPSA) is 74.7 Å². The van der Waals surface area contributed by atoms with Crippen LogP contribution < -0.4 is 20.1 Å². The summed E-state index contributed by atoms with van der Waals surface area (Å²) in [5.74, 6) is 0.382. The Labute approximate surface area is 170 Å². The number of anilines is 2. The zero-order valence-electron chi connectivity index (χ0n) is 15.3. The second-order valence-electron chi connectivity index (χ2n) is 6.72. The van der Waals surface area contributed by atoms with Gasteiger partial charge in [-0.2, -0.15) is 18.4 Å². The third kappa shape index (κ3) is 5.37. The number of amides is 1. The van der Waals surface area contributed by atoms with Gasteiger partial charge in [0, 0.05) is 11.1 Å². The first-order chi connectivity index (χ1) is 13.8. The van der Waals surface area contributed by atoms with Gasteiger partial charge in [-0.25, -0.2) is 4.98 Å². The maximum atomic E-state index is 12.7. The van der Waals surface area contributed by atoms with E-state index in [1.54, 1.807) is 12.1 Å². The normalized spacial score (nSPS) is 15.1. The number of hydrogen-bond donors (Lipinski definition) is 2. The molecule has 3 N–H and O–H groups in total. The van der Waals surface area contributed by atoms with Crippen molar-refractivity contribution in [1.82, 2.24) is 0 Å². The molecule has 0 bridgehead atoms. The molecular formula is C19H19ClF3N5O+2. The van der Waals surface area contributed by atoms with Crippen LogP contribution in [0.2, 0.25) is 5.02 Å². The maximum absolute atomic E-state index is 12.7. The highest BCUT2D eigenvalue weighted by atomic mass is 35.5. The lowest BCUT2D eigenvalue weighted by atomic mass is 10.2. The van der Waals surface area contributed by atoms with Gasteiger partial charge in [0.05, 0.1) is 16.8 Å². The number of carbonyl (C=O) groups is 1. The molecule has 6 nitrogen and oxygen atoms in total. The fourth-order valence-corrected chi connectivity index (χ4v) is 3.34. The lowest BCUT2D eigenvalue weighted by Gasteiger charge is -2.28. The third-order valence-electron chi connectivity index (χ3n) is 4.72. The van der Waals surface area contributed by atoms with Gasteiger partial charge in [-0.15, -0.1) is 0 Å². The van der Waals surface area contributed by atoms with Crippen LogP contribution in [0.15, 0.2) is 36.5 Å². The molecule has 0 saturated carbocycles. The van der Waals surface area contributed by atoms with Crippen LogP contribution in [-0.2, 0) is 11.0 Å². The van der Waals surface area contributed by atoms with Crippen LogP contribution >= 0.6 is 11.6 Å². The summed E-state index contributed by atoms with van der Waals surface area (Å²) in [6.45, 7) is 2.74. The Morgan fingerprint density at radius 2 is 2.00 bits per heavy atom. The summed E-state index contributed by atoms with van der Waals surface area (Å²) in [6, 6.07) is 9.14. The lowest BCUT2D eigenvalue weighted by Crippen LogP contribution is -3.15. The summed E-state index contributed by atoms with van der Waals surface area (Å²) in [7, 11) is 0. The molecule has 1 saturated heterocycles. The van der Waals surface area contributed by atoms with Crippen molar-refractivity contribution in [2.45, 2.75) is 6.18 Å². The third-order valence-corrected chi connectivity index (χ3v) is 4.96. The summed E-state index contributed by atoms with van der Waals surface area (Å²) in [5.41, 5.74) is -0.0114.